The summed E-state index contributed by atoms with van der Waals surface area (Å²) in [6.45, 7) is 2.77. The molecule has 0 N–H and O–H groups in total. The van der Waals surface area contributed by atoms with Gasteiger partial charge in [0.05, 0.1) is 11.3 Å². The Balaban J connectivity index is 1.48. The first kappa shape index (κ1) is 18.3. The summed E-state index contributed by atoms with van der Waals surface area (Å²) >= 11 is 1.32. The number of Topliss-reactive ketones (excluding diaryl/α,β-unsaturated/α-hetero) is 1. The Morgan fingerprint density at radius 1 is 1.21 bits per heavy atom. The van der Waals surface area contributed by atoms with Gasteiger partial charge in [0, 0.05) is 25.5 Å². The molecule has 1 amide bonds. The number of carbonyl (C=O) groups is 2. The summed E-state index contributed by atoms with van der Waals surface area (Å²) in [5.41, 5.74) is 0.693. The normalized spacial score (nSPS) is 13.4. The van der Waals surface area contributed by atoms with Crippen molar-refractivity contribution in [1.29, 1.82) is 0 Å². The number of rotatable bonds is 6. The second-order valence-electron chi connectivity index (χ2n) is 6.24. The standard InChI is InChI=1S/C17H17N7O3S/c1-11(25)10-28-17-22-21-16-23(6-3-7-24(16)17)14(26)8-13-19-20-15(27-13)12-4-2-5-18-9-12/h2,4-5,9H,3,6-8,10H2,1H3. The van der Waals surface area contributed by atoms with Crippen LogP contribution in [0.25, 0.3) is 11.5 Å². The molecular weight excluding hydrogens is 382 g/mol. The molecule has 0 unspecified atom stereocenters. The smallest absolute Gasteiger partial charge is 0.249 e. The molecule has 0 saturated heterocycles. The van der Waals surface area contributed by atoms with Crippen LogP contribution in [0, 0.1) is 0 Å². The van der Waals surface area contributed by atoms with Gasteiger partial charge in [0.25, 0.3) is 0 Å². The highest BCUT2D eigenvalue weighted by molar-refractivity contribution is 7.99. The van der Waals surface area contributed by atoms with E-state index >= 15 is 0 Å². The molecule has 11 heteroatoms. The van der Waals surface area contributed by atoms with E-state index in [1.54, 1.807) is 29.4 Å². The van der Waals surface area contributed by atoms with Gasteiger partial charge in [-0.2, -0.15) is 0 Å². The lowest BCUT2D eigenvalue weighted by atomic mass is 10.3. The number of carbonyl (C=O) groups excluding carboxylic acids is 2. The van der Waals surface area contributed by atoms with Gasteiger partial charge in [0.15, 0.2) is 5.16 Å². The number of hydrogen-bond donors (Lipinski definition) is 0. The molecule has 0 aliphatic carbocycles. The van der Waals surface area contributed by atoms with Crippen LogP contribution in [0.3, 0.4) is 0 Å². The molecule has 10 nitrogen and oxygen atoms in total. The summed E-state index contributed by atoms with van der Waals surface area (Å²) in [5, 5.41) is 16.8. The van der Waals surface area contributed by atoms with Crippen molar-refractivity contribution in [2.75, 3.05) is 17.2 Å². The Labute approximate surface area is 164 Å². The van der Waals surface area contributed by atoms with E-state index in [0.29, 0.717) is 41.4 Å². The van der Waals surface area contributed by atoms with E-state index in [4.69, 9.17) is 4.42 Å². The highest BCUT2D eigenvalue weighted by Gasteiger charge is 2.28. The van der Waals surface area contributed by atoms with Crippen molar-refractivity contribution >= 4 is 29.4 Å². The third-order valence-electron chi connectivity index (χ3n) is 4.09. The zero-order valence-corrected chi connectivity index (χ0v) is 15.9. The third-order valence-corrected chi connectivity index (χ3v) is 5.20. The summed E-state index contributed by atoms with van der Waals surface area (Å²) < 4.78 is 7.46. The molecule has 3 aromatic rings. The largest absolute Gasteiger partial charge is 0.420 e. The lowest BCUT2D eigenvalue weighted by Crippen LogP contribution is -2.39. The predicted molar refractivity (Wildman–Crippen MR) is 99.6 cm³/mol. The number of ketones is 1. The van der Waals surface area contributed by atoms with Crippen LogP contribution in [0.1, 0.15) is 19.2 Å². The van der Waals surface area contributed by atoms with E-state index < -0.39 is 0 Å². The molecule has 1 aliphatic heterocycles. The summed E-state index contributed by atoms with van der Waals surface area (Å²) in [6, 6.07) is 3.58. The Bertz CT molecular complexity index is 1000. The van der Waals surface area contributed by atoms with Crippen molar-refractivity contribution in [3.8, 4) is 11.5 Å². The van der Waals surface area contributed by atoms with Gasteiger partial charge in [-0.15, -0.1) is 20.4 Å². The molecule has 0 saturated carbocycles. The van der Waals surface area contributed by atoms with Crippen molar-refractivity contribution in [3.05, 3.63) is 30.4 Å². The Hall–Kier alpha value is -3.08. The molecule has 4 rings (SSSR count). The van der Waals surface area contributed by atoms with E-state index in [2.05, 4.69) is 25.4 Å². The van der Waals surface area contributed by atoms with Crippen molar-refractivity contribution in [1.82, 2.24) is 29.9 Å². The van der Waals surface area contributed by atoms with E-state index in [1.807, 2.05) is 4.57 Å². The van der Waals surface area contributed by atoms with Gasteiger partial charge in [-0.3, -0.25) is 24.0 Å². The minimum Gasteiger partial charge on any atom is -0.420 e. The van der Waals surface area contributed by atoms with Gasteiger partial charge in [-0.1, -0.05) is 11.8 Å². The predicted octanol–water partition coefficient (Wildman–Crippen LogP) is 1.38. The highest BCUT2D eigenvalue weighted by atomic mass is 32.2. The van der Waals surface area contributed by atoms with Gasteiger partial charge >= 0.3 is 0 Å². The second kappa shape index (κ2) is 7.89. The summed E-state index contributed by atoms with van der Waals surface area (Å²) in [6.07, 6.45) is 4.01. The minimum atomic E-state index is -0.196. The number of anilines is 1. The van der Waals surface area contributed by atoms with Gasteiger partial charge in [0.2, 0.25) is 23.6 Å². The van der Waals surface area contributed by atoms with E-state index in [1.165, 1.54) is 18.7 Å². The van der Waals surface area contributed by atoms with Crippen LogP contribution in [0.4, 0.5) is 5.95 Å². The molecule has 28 heavy (non-hydrogen) atoms. The zero-order valence-electron chi connectivity index (χ0n) is 15.1. The Kier molecular flexibility index (Phi) is 5.15. The fourth-order valence-electron chi connectivity index (χ4n) is 2.83. The summed E-state index contributed by atoms with van der Waals surface area (Å²) in [7, 11) is 0. The molecule has 144 valence electrons. The molecule has 0 atom stereocenters. The maximum Gasteiger partial charge on any atom is 0.249 e. The topological polar surface area (TPSA) is 120 Å². The molecule has 1 aliphatic rings. The number of pyridine rings is 1. The van der Waals surface area contributed by atoms with Gasteiger partial charge in [-0.25, -0.2) is 0 Å². The van der Waals surface area contributed by atoms with Gasteiger partial charge in [0.1, 0.15) is 12.2 Å². The fourth-order valence-corrected chi connectivity index (χ4v) is 3.59. The van der Waals surface area contributed by atoms with Crippen molar-refractivity contribution in [2.45, 2.75) is 31.5 Å². The van der Waals surface area contributed by atoms with Gasteiger partial charge in [-0.05, 0) is 25.5 Å². The first-order valence-electron chi connectivity index (χ1n) is 8.70. The average Bonchev–Trinajstić information content (AvgIpc) is 3.34. The number of nitrogens with zero attached hydrogens (tertiary/aromatic N) is 7. The van der Waals surface area contributed by atoms with Crippen LogP contribution >= 0.6 is 11.8 Å². The molecule has 0 spiro atoms. The Morgan fingerprint density at radius 3 is 2.89 bits per heavy atom. The number of hydrogen-bond acceptors (Lipinski definition) is 9. The number of aromatic nitrogens is 6. The molecule has 0 fully saturated rings. The first-order valence-corrected chi connectivity index (χ1v) is 9.69. The number of amides is 1. The zero-order chi connectivity index (χ0) is 19.5. The SMILES string of the molecule is CC(=O)CSc1nnc2n1CCCN2C(=O)Cc1nnc(-c2cccnc2)o1. The van der Waals surface area contributed by atoms with Crippen LogP contribution in [-0.2, 0) is 22.6 Å². The van der Waals surface area contributed by atoms with Crippen molar-refractivity contribution in [2.24, 2.45) is 0 Å². The van der Waals surface area contributed by atoms with Crippen LogP contribution in [0.2, 0.25) is 0 Å². The molecule has 0 aromatic carbocycles. The van der Waals surface area contributed by atoms with Gasteiger partial charge < -0.3 is 4.42 Å². The second-order valence-corrected chi connectivity index (χ2v) is 7.19. The van der Waals surface area contributed by atoms with Crippen LogP contribution < -0.4 is 4.90 Å². The number of fused-ring (bicyclic) bond motifs is 1. The molecular formula is C17H17N7O3S. The molecule has 4 heterocycles. The van der Waals surface area contributed by atoms with E-state index in [0.717, 1.165) is 6.42 Å². The molecule has 0 bridgehead atoms. The maximum atomic E-state index is 12.8. The highest BCUT2D eigenvalue weighted by Crippen LogP contribution is 2.26. The monoisotopic (exact) mass is 399 g/mol. The minimum absolute atomic E-state index is 0.0317. The average molecular weight is 399 g/mol. The van der Waals surface area contributed by atoms with Crippen LogP contribution in [-0.4, -0.2) is 53.9 Å². The van der Waals surface area contributed by atoms with Crippen LogP contribution in [0.5, 0.6) is 0 Å². The Morgan fingerprint density at radius 2 is 2.11 bits per heavy atom. The lowest BCUT2D eigenvalue weighted by molar-refractivity contribution is -0.118. The number of thioether (sulfide) groups is 1. The van der Waals surface area contributed by atoms with Crippen LogP contribution in [0.15, 0.2) is 34.1 Å². The first-order chi connectivity index (χ1) is 13.6. The van der Waals surface area contributed by atoms with E-state index in [9.17, 15) is 9.59 Å². The third kappa shape index (κ3) is 3.79. The van der Waals surface area contributed by atoms with E-state index in [-0.39, 0.29) is 24.0 Å². The fraction of sp³-hybridized carbons (Fsp3) is 0.353. The summed E-state index contributed by atoms with van der Waals surface area (Å²) in [5.74, 6) is 1.22. The molecule has 0 radical (unpaired) electrons. The van der Waals surface area contributed by atoms with Crippen molar-refractivity contribution in [3.63, 3.8) is 0 Å². The molecule has 3 aromatic heterocycles. The lowest BCUT2D eigenvalue weighted by Gasteiger charge is -2.26. The maximum absolute atomic E-state index is 12.8. The summed E-state index contributed by atoms with van der Waals surface area (Å²) in [4.78, 5) is 29.6. The quantitative estimate of drug-likeness (QED) is 0.566. The van der Waals surface area contributed by atoms with Crippen molar-refractivity contribution < 1.29 is 14.0 Å².